The molecule has 0 aromatic rings. The highest BCUT2D eigenvalue weighted by molar-refractivity contribution is 5.74. The second-order valence-electron chi connectivity index (χ2n) is 3.40. The van der Waals surface area contributed by atoms with E-state index >= 15 is 0 Å². The molecule has 1 aliphatic carbocycles. The van der Waals surface area contributed by atoms with Crippen molar-refractivity contribution in [2.45, 2.75) is 6.42 Å². The molecule has 0 saturated carbocycles. The summed E-state index contributed by atoms with van der Waals surface area (Å²) in [5.74, 6) is 0.217. The molecule has 3 heteroatoms. The van der Waals surface area contributed by atoms with Crippen LogP contribution < -0.4 is 5.32 Å². The van der Waals surface area contributed by atoms with Gasteiger partial charge in [0.05, 0.1) is 13.0 Å². The van der Waals surface area contributed by atoms with Gasteiger partial charge in [-0.25, -0.2) is 0 Å². The molecule has 2 atom stereocenters. The van der Waals surface area contributed by atoms with Gasteiger partial charge in [0, 0.05) is 18.2 Å². The van der Waals surface area contributed by atoms with E-state index in [4.69, 9.17) is 4.74 Å². The van der Waals surface area contributed by atoms with E-state index in [0.717, 1.165) is 6.42 Å². The summed E-state index contributed by atoms with van der Waals surface area (Å²) in [7, 11) is 1.45. The topological polar surface area (TPSA) is 38.3 Å². The van der Waals surface area contributed by atoms with Crippen LogP contribution in [0, 0.1) is 11.8 Å². The predicted octanol–water partition coefficient (Wildman–Crippen LogP) is 0.839. The number of hydrogen-bond donors (Lipinski definition) is 1. The van der Waals surface area contributed by atoms with Crippen LogP contribution in [-0.4, -0.2) is 19.6 Å². The number of fused-ring (bicyclic) bond motifs is 1. The number of hydrogen-bond acceptors (Lipinski definition) is 3. The van der Waals surface area contributed by atoms with Crippen molar-refractivity contribution >= 4 is 5.97 Å². The Labute approximate surface area is 77.5 Å². The Morgan fingerprint density at radius 2 is 2.54 bits per heavy atom. The van der Waals surface area contributed by atoms with Gasteiger partial charge in [-0.2, -0.15) is 0 Å². The zero-order valence-corrected chi connectivity index (χ0v) is 7.62. The number of ether oxygens (including phenoxy) is 1. The molecule has 1 aliphatic heterocycles. The first-order valence-corrected chi connectivity index (χ1v) is 4.51. The molecule has 0 radical (unpaired) electrons. The van der Waals surface area contributed by atoms with Gasteiger partial charge >= 0.3 is 5.97 Å². The molecule has 2 aliphatic rings. The first kappa shape index (κ1) is 8.35. The number of carbonyl (C=O) groups excluding carboxylic acids is 1. The zero-order valence-electron chi connectivity index (χ0n) is 7.62. The van der Waals surface area contributed by atoms with Crippen LogP contribution >= 0.6 is 0 Å². The van der Waals surface area contributed by atoms with Crippen LogP contribution in [0.3, 0.4) is 0 Å². The minimum absolute atomic E-state index is 0.00111. The summed E-state index contributed by atoms with van der Waals surface area (Å²) in [6.07, 6.45) is 7.10. The Balaban J connectivity index is 2.14. The lowest BCUT2D eigenvalue weighted by atomic mass is 9.88. The summed E-state index contributed by atoms with van der Waals surface area (Å²) in [6, 6.07) is 0. The molecule has 0 aromatic heterocycles. The molecular formula is C10H13NO2. The lowest BCUT2D eigenvalue weighted by Crippen LogP contribution is -2.23. The van der Waals surface area contributed by atoms with Gasteiger partial charge in [0.15, 0.2) is 0 Å². The van der Waals surface area contributed by atoms with Gasteiger partial charge in [0.25, 0.3) is 0 Å². The fourth-order valence-electron chi connectivity index (χ4n) is 1.99. The normalized spacial score (nSPS) is 30.4. The molecule has 1 heterocycles. The van der Waals surface area contributed by atoms with Gasteiger partial charge < -0.3 is 10.1 Å². The quantitative estimate of drug-likeness (QED) is 0.606. The monoisotopic (exact) mass is 179 g/mol. The number of allylic oxidation sites excluding steroid dienone is 4. The van der Waals surface area contributed by atoms with Crippen molar-refractivity contribution in [3.05, 3.63) is 23.9 Å². The highest BCUT2D eigenvalue weighted by Crippen LogP contribution is 2.31. The highest BCUT2D eigenvalue weighted by Gasteiger charge is 2.36. The fraction of sp³-hybridized carbons (Fsp3) is 0.500. The molecule has 2 unspecified atom stereocenters. The lowest BCUT2D eigenvalue weighted by molar-refractivity contribution is -0.145. The molecular weight excluding hydrogens is 166 g/mol. The molecule has 70 valence electrons. The van der Waals surface area contributed by atoms with Crippen LogP contribution in [0.4, 0.5) is 0 Å². The van der Waals surface area contributed by atoms with E-state index in [0.29, 0.717) is 12.5 Å². The molecule has 1 N–H and O–H groups in total. The van der Waals surface area contributed by atoms with Crippen molar-refractivity contribution in [3.63, 3.8) is 0 Å². The Bertz CT molecular complexity index is 281. The highest BCUT2D eigenvalue weighted by atomic mass is 16.5. The maximum atomic E-state index is 11.4. The molecule has 0 aromatic carbocycles. The summed E-state index contributed by atoms with van der Waals surface area (Å²) in [5, 5.41) is 3.23. The lowest BCUT2D eigenvalue weighted by Gasteiger charge is -2.16. The Morgan fingerprint density at radius 3 is 3.31 bits per heavy atom. The summed E-state index contributed by atoms with van der Waals surface area (Å²) >= 11 is 0. The number of esters is 1. The summed E-state index contributed by atoms with van der Waals surface area (Å²) in [5.41, 5.74) is 1.18. The SMILES string of the molecule is COC(=O)C1CNC2=CC=CCC21. The van der Waals surface area contributed by atoms with Crippen LogP contribution in [0.2, 0.25) is 0 Å². The minimum Gasteiger partial charge on any atom is -0.469 e. The first-order valence-electron chi connectivity index (χ1n) is 4.51. The average molecular weight is 179 g/mol. The van der Waals surface area contributed by atoms with Gasteiger partial charge in [-0.3, -0.25) is 4.79 Å². The number of carbonyl (C=O) groups is 1. The second kappa shape index (κ2) is 3.24. The fourth-order valence-corrected chi connectivity index (χ4v) is 1.99. The third kappa shape index (κ3) is 1.34. The van der Waals surface area contributed by atoms with Crippen LogP contribution in [0.1, 0.15) is 6.42 Å². The third-order valence-corrected chi connectivity index (χ3v) is 2.72. The van der Waals surface area contributed by atoms with Crippen LogP contribution in [0.25, 0.3) is 0 Å². The molecule has 13 heavy (non-hydrogen) atoms. The van der Waals surface area contributed by atoms with E-state index < -0.39 is 0 Å². The van der Waals surface area contributed by atoms with Crippen LogP contribution in [0.5, 0.6) is 0 Å². The summed E-state index contributed by atoms with van der Waals surface area (Å²) < 4.78 is 4.75. The number of rotatable bonds is 1. The largest absolute Gasteiger partial charge is 0.469 e. The molecule has 0 spiro atoms. The number of methoxy groups -OCH3 is 1. The van der Waals surface area contributed by atoms with Crippen molar-refractivity contribution in [1.82, 2.24) is 5.32 Å². The van der Waals surface area contributed by atoms with Crippen molar-refractivity contribution in [2.75, 3.05) is 13.7 Å². The summed E-state index contributed by atoms with van der Waals surface area (Å²) in [4.78, 5) is 11.4. The third-order valence-electron chi connectivity index (χ3n) is 2.72. The van der Waals surface area contributed by atoms with E-state index in [2.05, 4.69) is 11.4 Å². The Hall–Kier alpha value is -1.25. The molecule has 2 rings (SSSR count). The molecule has 3 nitrogen and oxygen atoms in total. The van der Waals surface area contributed by atoms with E-state index in [1.807, 2.05) is 12.2 Å². The van der Waals surface area contributed by atoms with E-state index in [9.17, 15) is 4.79 Å². The van der Waals surface area contributed by atoms with E-state index in [1.165, 1.54) is 12.8 Å². The van der Waals surface area contributed by atoms with Gasteiger partial charge in [-0.05, 0) is 12.5 Å². The minimum atomic E-state index is -0.101. The number of nitrogens with one attached hydrogen (secondary N) is 1. The van der Waals surface area contributed by atoms with Crippen molar-refractivity contribution < 1.29 is 9.53 Å². The van der Waals surface area contributed by atoms with Gasteiger partial charge in [-0.1, -0.05) is 12.2 Å². The Morgan fingerprint density at radius 1 is 1.69 bits per heavy atom. The van der Waals surface area contributed by atoms with E-state index in [-0.39, 0.29) is 11.9 Å². The Kier molecular flexibility index (Phi) is 2.08. The van der Waals surface area contributed by atoms with E-state index in [1.54, 1.807) is 0 Å². The second-order valence-corrected chi connectivity index (χ2v) is 3.40. The van der Waals surface area contributed by atoms with Gasteiger partial charge in [-0.15, -0.1) is 0 Å². The van der Waals surface area contributed by atoms with Crippen LogP contribution in [-0.2, 0) is 9.53 Å². The standard InChI is InChI=1S/C10H13NO2/c1-13-10(12)8-6-11-9-5-3-2-4-7(8)9/h2-3,5,7-8,11H,4,6H2,1H3. The zero-order chi connectivity index (χ0) is 9.26. The molecule has 1 fully saturated rings. The van der Waals surface area contributed by atoms with Crippen molar-refractivity contribution in [3.8, 4) is 0 Å². The molecule has 1 saturated heterocycles. The maximum absolute atomic E-state index is 11.4. The summed E-state index contributed by atoms with van der Waals surface area (Å²) in [6.45, 7) is 0.713. The van der Waals surface area contributed by atoms with Crippen LogP contribution in [0.15, 0.2) is 23.9 Å². The molecule has 0 amide bonds. The molecule has 0 bridgehead atoms. The smallest absolute Gasteiger partial charge is 0.311 e. The van der Waals surface area contributed by atoms with Crippen molar-refractivity contribution in [1.29, 1.82) is 0 Å². The predicted molar refractivity (Wildman–Crippen MR) is 48.8 cm³/mol. The van der Waals surface area contributed by atoms with Crippen molar-refractivity contribution in [2.24, 2.45) is 11.8 Å². The maximum Gasteiger partial charge on any atom is 0.311 e. The van der Waals surface area contributed by atoms with Gasteiger partial charge in [0.1, 0.15) is 0 Å². The van der Waals surface area contributed by atoms with Gasteiger partial charge in [0.2, 0.25) is 0 Å². The average Bonchev–Trinajstić information content (AvgIpc) is 2.60. The first-order chi connectivity index (χ1) is 6.33.